The van der Waals surface area contributed by atoms with Crippen molar-refractivity contribution >= 4 is 46.2 Å². The molecule has 3 aromatic carbocycles. The smallest absolute Gasteiger partial charge is 0.406 e. The minimum Gasteiger partial charge on any atom is -0.406 e. The van der Waals surface area contributed by atoms with E-state index in [1.165, 1.54) is 22.6 Å². The fourth-order valence-electron chi connectivity index (χ4n) is 3.70. The highest BCUT2D eigenvalue weighted by atomic mass is 32.2. The van der Waals surface area contributed by atoms with E-state index in [0.717, 1.165) is 29.5 Å². The van der Waals surface area contributed by atoms with Gasteiger partial charge in [0.25, 0.3) is 5.91 Å². The van der Waals surface area contributed by atoms with Crippen molar-refractivity contribution in [2.24, 2.45) is 4.99 Å². The Hall–Kier alpha value is -4.05. The number of halogens is 3. The molecule has 0 aliphatic carbocycles. The predicted molar refractivity (Wildman–Crippen MR) is 149 cm³/mol. The number of aliphatic imine (C=N–C) groups is 1. The summed E-state index contributed by atoms with van der Waals surface area (Å²) in [5, 5.41) is 2.96. The fraction of sp³-hybridized carbons (Fsp3) is 0.207. The van der Waals surface area contributed by atoms with Crippen LogP contribution in [0.5, 0.6) is 5.75 Å². The summed E-state index contributed by atoms with van der Waals surface area (Å²) in [6.07, 6.45) is -3.09. The van der Waals surface area contributed by atoms with Crippen LogP contribution in [0.15, 0.2) is 89.6 Å². The molecular weight excluding hydrogens is 527 g/mol. The Morgan fingerprint density at radius 1 is 0.974 bits per heavy atom. The Kier molecular flexibility index (Phi) is 8.15. The van der Waals surface area contributed by atoms with Gasteiger partial charge in [-0.25, -0.2) is 4.99 Å². The Morgan fingerprint density at radius 3 is 2.21 bits per heavy atom. The quantitative estimate of drug-likeness (QED) is 0.334. The molecule has 0 spiro atoms. The Morgan fingerprint density at radius 2 is 1.62 bits per heavy atom. The molecule has 0 saturated heterocycles. The molecule has 6 nitrogen and oxygen atoms in total. The second-order valence-electron chi connectivity index (χ2n) is 9.68. The summed E-state index contributed by atoms with van der Waals surface area (Å²) in [5.41, 5.74) is 3.15. The molecule has 0 saturated carbocycles. The third kappa shape index (κ3) is 7.51. The number of nitrogens with one attached hydrogen (secondary N) is 1. The molecule has 0 bridgehead atoms. The highest BCUT2D eigenvalue weighted by Crippen LogP contribution is 2.30. The average Bonchev–Trinajstić information content (AvgIpc) is 3.18. The zero-order chi connectivity index (χ0) is 28.2. The Labute approximate surface area is 228 Å². The molecule has 10 heteroatoms. The summed E-state index contributed by atoms with van der Waals surface area (Å²) < 4.78 is 40.9. The largest absolute Gasteiger partial charge is 0.573 e. The summed E-state index contributed by atoms with van der Waals surface area (Å²) in [5.74, 6) is -1.20. The van der Waals surface area contributed by atoms with Crippen LogP contribution in [0.4, 0.5) is 24.5 Å². The zero-order valence-electron chi connectivity index (χ0n) is 21.5. The number of amides is 2. The zero-order valence-corrected chi connectivity index (χ0v) is 22.3. The van der Waals surface area contributed by atoms with Crippen molar-refractivity contribution in [2.45, 2.75) is 32.5 Å². The average molecular weight is 554 g/mol. The van der Waals surface area contributed by atoms with Crippen LogP contribution in [0.3, 0.4) is 0 Å². The van der Waals surface area contributed by atoms with Crippen LogP contribution in [0, 0.1) is 0 Å². The molecule has 1 heterocycles. The van der Waals surface area contributed by atoms with Crippen molar-refractivity contribution in [1.82, 2.24) is 0 Å². The van der Waals surface area contributed by atoms with Gasteiger partial charge in [-0.15, -0.1) is 13.2 Å². The van der Waals surface area contributed by atoms with Gasteiger partial charge >= 0.3 is 6.36 Å². The van der Waals surface area contributed by atoms with Crippen molar-refractivity contribution in [2.75, 3.05) is 16.0 Å². The molecule has 2 amide bonds. The van der Waals surface area contributed by atoms with Gasteiger partial charge in [-0.3, -0.25) is 14.5 Å². The third-order valence-corrected chi connectivity index (χ3v) is 6.57. The lowest BCUT2D eigenvalue weighted by Crippen LogP contribution is -2.31. The van der Waals surface area contributed by atoms with E-state index in [1.807, 2.05) is 30.3 Å². The maximum Gasteiger partial charge on any atom is 0.573 e. The molecule has 1 aliphatic rings. The normalized spacial score (nSPS) is 14.9. The first-order chi connectivity index (χ1) is 18.4. The number of amidine groups is 1. The van der Waals surface area contributed by atoms with Gasteiger partial charge in [0.1, 0.15) is 11.4 Å². The van der Waals surface area contributed by atoms with Crippen molar-refractivity contribution in [3.05, 3.63) is 95.7 Å². The van der Waals surface area contributed by atoms with Gasteiger partial charge in [0.2, 0.25) is 5.91 Å². The number of thioether (sulfide) groups is 1. The lowest BCUT2D eigenvalue weighted by Gasteiger charge is -2.18. The molecule has 1 aliphatic heterocycles. The second kappa shape index (κ2) is 11.4. The molecule has 0 radical (unpaired) electrons. The van der Waals surface area contributed by atoms with E-state index in [0.29, 0.717) is 16.5 Å². The van der Waals surface area contributed by atoms with Crippen molar-refractivity contribution < 1.29 is 27.5 Å². The summed E-state index contributed by atoms with van der Waals surface area (Å²) in [4.78, 5) is 31.9. The van der Waals surface area contributed by atoms with E-state index < -0.39 is 12.3 Å². The number of nitrogens with zero attached hydrogens (tertiary/aromatic N) is 2. The second-order valence-corrected chi connectivity index (χ2v) is 10.6. The van der Waals surface area contributed by atoms with Gasteiger partial charge in [0.05, 0.1) is 11.4 Å². The van der Waals surface area contributed by atoms with Crippen LogP contribution < -0.4 is 15.0 Å². The SMILES string of the molecule is CC(C)(C)c1ccc(/C=C2/N=C(SCC(=O)Nc3ccc(OC(F)(F)F)cc3)N(c3ccccc3)C2=O)cc1. The summed E-state index contributed by atoms with van der Waals surface area (Å²) in [7, 11) is 0. The topological polar surface area (TPSA) is 71.0 Å². The maximum absolute atomic E-state index is 13.4. The molecule has 202 valence electrons. The van der Waals surface area contributed by atoms with Crippen LogP contribution in [-0.2, 0) is 15.0 Å². The van der Waals surface area contributed by atoms with Crippen LogP contribution >= 0.6 is 11.8 Å². The molecule has 0 unspecified atom stereocenters. The molecule has 39 heavy (non-hydrogen) atoms. The number of para-hydroxylation sites is 1. The van der Waals surface area contributed by atoms with E-state index in [1.54, 1.807) is 30.3 Å². The monoisotopic (exact) mass is 553 g/mol. The molecule has 3 aromatic rings. The number of ether oxygens (including phenoxy) is 1. The third-order valence-electron chi connectivity index (χ3n) is 5.63. The lowest BCUT2D eigenvalue weighted by atomic mass is 9.87. The number of anilines is 2. The van der Waals surface area contributed by atoms with Crippen molar-refractivity contribution in [3.8, 4) is 5.75 Å². The van der Waals surface area contributed by atoms with E-state index in [9.17, 15) is 22.8 Å². The first kappa shape index (κ1) is 28.0. The first-order valence-electron chi connectivity index (χ1n) is 12.0. The highest BCUT2D eigenvalue weighted by molar-refractivity contribution is 8.14. The highest BCUT2D eigenvalue weighted by Gasteiger charge is 2.33. The van der Waals surface area contributed by atoms with Crippen molar-refractivity contribution in [3.63, 3.8) is 0 Å². The van der Waals surface area contributed by atoms with Gasteiger partial charge in [-0.05, 0) is 59.0 Å². The Bertz CT molecular complexity index is 1400. The van der Waals surface area contributed by atoms with Gasteiger partial charge < -0.3 is 10.1 Å². The number of carbonyl (C=O) groups is 2. The van der Waals surface area contributed by atoms with Crippen LogP contribution in [0.2, 0.25) is 0 Å². The number of rotatable bonds is 6. The molecule has 0 aromatic heterocycles. The van der Waals surface area contributed by atoms with Gasteiger partial charge in [-0.1, -0.05) is 75.0 Å². The minimum atomic E-state index is -4.80. The van der Waals surface area contributed by atoms with E-state index in [2.05, 4.69) is 35.8 Å². The standard InChI is InChI=1S/C29H26F3N3O3S/c1-28(2,3)20-11-9-19(10-12-20)17-24-26(37)35(22-7-5-4-6-8-22)27(34-24)39-18-25(36)33-21-13-15-23(16-14-21)38-29(30,31)32/h4-17H,18H2,1-3H3,(H,33,36)/b24-17+. The number of hydrogen-bond donors (Lipinski definition) is 1. The van der Waals surface area contributed by atoms with Crippen LogP contribution in [0.1, 0.15) is 31.9 Å². The van der Waals surface area contributed by atoms with E-state index in [4.69, 9.17) is 0 Å². The molecule has 0 fully saturated rings. The number of alkyl halides is 3. The summed E-state index contributed by atoms with van der Waals surface area (Å²) in [6, 6.07) is 21.7. The van der Waals surface area contributed by atoms with Gasteiger partial charge in [0.15, 0.2) is 5.17 Å². The molecule has 1 N–H and O–H groups in total. The van der Waals surface area contributed by atoms with Crippen LogP contribution in [-0.4, -0.2) is 29.1 Å². The number of hydrogen-bond acceptors (Lipinski definition) is 5. The predicted octanol–water partition coefficient (Wildman–Crippen LogP) is 7.00. The van der Waals surface area contributed by atoms with Gasteiger partial charge in [-0.2, -0.15) is 0 Å². The summed E-state index contributed by atoms with van der Waals surface area (Å²) >= 11 is 1.08. The fourth-order valence-corrected chi connectivity index (χ4v) is 4.51. The molecule has 4 rings (SSSR count). The van der Waals surface area contributed by atoms with Gasteiger partial charge in [0, 0.05) is 5.69 Å². The summed E-state index contributed by atoms with van der Waals surface area (Å²) in [6.45, 7) is 6.38. The van der Waals surface area contributed by atoms with E-state index in [-0.39, 0.29) is 28.5 Å². The van der Waals surface area contributed by atoms with Crippen LogP contribution in [0.25, 0.3) is 6.08 Å². The molecular formula is C29H26F3N3O3S. The molecule has 0 atom stereocenters. The lowest BCUT2D eigenvalue weighted by molar-refractivity contribution is -0.274. The maximum atomic E-state index is 13.4. The number of benzene rings is 3. The van der Waals surface area contributed by atoms with E-state index >= 15 is 0 Å². The number of carbonyl (C=O) groups excluding carboxylic acids is 2. The Balaban J connectivity index is 1.49. The van der Waals surface area contributed by atoms with Crippen molar-refractivity contribution in [1.29, 1.82) is 0 Å². The first-order valence-corrected chi connectivity index (χ1v) is 13.0. The minimum absolute atomic E-state index is 0.000374.